The van der Waals surface area contributed by atoms with Gasteiger partial charge < -0.3 is 4.98 Å². The third-order valence-corrected chi connectivity index (χ3v) is 2.09. The molecule has 0 spiro atoms. The van der Waals surface area contributed by atoms with Crippen LogP contribution in [0.5, 0.6) is 0 Å². The molecule has 0 aromatic carbocycles. The topological polar surface area (TPSA) is 28.7 Å². The molecule has 0 aliphatic carbocycles. The monoisotopic (exact) mass is 222 g/mol. The molecule has 0 bridgehead atoms. The summed E-state index contributed by atoms with van der Waals surface area (Å²) in [6.45, 7) is 12.4. The van der Waals surface area contributed by atoms with Gasteiger partial charge in [-0.15, -0.1) is 0 Å². The molecule has 0 radical (unpaired) electrons. The molecule has 0 aliphatic heterocycles. The molecule has 2 rings (SSSR count). The molecule has 0 saturated heterocycles. The Kier molecular flexibility index (Phi) is 7.27. The Morgan fingerprint density at radius 2 is 1.81 bits per heavy atom. The van der Waals surface area contributed by atoms with Crippen molar-refractivity contribution in [1.29, 1.82) is 0 Å². The number of hydrogen-bond acceptors (Lipinski definition) is 1. The van der Waals surface area contributed by atoms with Gasteiger partial charge in [-0.1, -0.05) is 41.5 Å². The first-order valence-corrected chi connectivity index (χ1v) is 6.20. The fraction of sp³-hybridized carbons (Fsp3) is 0.500. The number of nitrogens with one attached hydrogen (secondary N) is 1. The minimum atomic E-state index is 0. The molecule has 2 heteroatoms. The highest BCUT2D eigenvalue weighted by Gasteiger charge is 2.01. The van der Waals surface area contributed by atoms with Crippen molar-refractivity contribution >= 4 is 11.0 Å². The average Bonchev–Trinajstić information content (AvgIpc) is 2.81. The largest absolute Gasteiger partial charge is 0.346 e. The molecule has 92 valence electrons. The Labute approximate surface area is 101 Å². The second-order valence-corrected chi connectivity index (χ2v) is 3.34. The molecular weight excluding hydrogens is 196 g/mol. The molecule has 0 amide bonds. The Hall–Kier alpha value is -1.31. The van der Waals surface area contributed by atoms with E-state index in [0.717, 1.165) is 5.65 Å². The van der Waals surface area contributed by atoms with Gasteiger partial charge in [0.25, 0.3) is 0 Å². The van der Waals surface area contributed by atoms with E-state index >= 15 is 0 Å². The fourth-order valence-electron chi connectivity index (χ4n) is 1.27. The highest BCUT2D eigenvalue weighted by atomic mass is 14.8. The minimum Gasteiger partial charge on any atom is -0.346 e. The molecule has 1 N–H and O–H groups in total. The lowest BCUT2D eigenvalue weighted by Gasteiger charge is -2.03. The highest BCUT2D eigenvalue weighted by Crippen LogP contribution is 2.17. The van der Waals surface area contributed by atoms with Gasteiger partial charge in [-0.2, -0.15) is 0 Å². The molecule has 0 aliphatic rings. The van der Waals surface area contributed by atoms with Crippen molar-refractivity contribution in [2.45, 2.75) is 47.5 Å². The number of pyridine rings is 1. The van der Waals surface area contributed by atoms with E-state index in [-0.39, 0.29) is 1.43 Å². The summed E-state index contributed by atoms with van der Waals surface area (Å²) in [4.78, 5) is 7.38. The highest BCUT2D eigenvalue weighted by molar-refractivity contribution is 5.75. The van der Waals surface area contributed by atoms with Gasteiger partial charge in [0, 0.05) is 19.2 Å². The van der Waals surface area contributed by atoms with E-state index in [9.17, 15) is 0 Å². The lowest BCUT2D eigenvalue weighted by molar-refractivity contribution is 0.862. The molecule has 2 aromatic heterocycles. The van der Waals surface area contributed by atoms with Gasteiger partial charge in [-0.25, -0.2) is 4.98 Å². The summed E-state index contributed by atoms with van der Waals surface area (Å²) >= 11 is 0. The molecule has 0 atom stereocenters. The van der Waals surface area contributed by atoms with Crippen LogP contribution >= 0.6 is 0 Å². The van der Waals surface area contributed by atoms with Gasteiger partial charge in [-0.3, -0.25) is 0 Å². The second-order valence-electron chi connectivity index (χ2n) is 3.34. The normalized spacial score (nSPS) is 9.19. The van der Waals surface area contributed by atoms with Crippen LogP contribution in [0, 0.1) is 0 Å². The molecule has 2 aromatic rings. The maximum Gasteiger partial charge on any atom is 0.137 e. The van der Waals surface area contributed by atoms with E-state index in [1.165, 1.54) is 10.9 Å². The van der Waals surface area contributed by atoms with Gasteiger partial charge in [-0.05, 0) is 23.6 Å². The number of fused-ring (bicyclic) bond motifs is 1. The summed E-state index contributed by atoms with van der Waals surface area (Å²) in [5, 5.41) is 1.20. The number of hydrogen-bond donors (Lipinski definition) is 1. The lowest BCUT2D eigenvalue weighted by atomic mass is 10.1. The number of H-pyrrole nitrogens is 1. The van der Waals surface area contributed by atoms with Crippen molar-refractivity contribution < 1.29 is 1.43 Å². The zero-order valence-corrected chi connectivity index (χ0v) is 11.3. The predicted octanol–water partition coefficient (Wildman–Crippen LogP) is 4.98. The van der Waals surface area contributed by atoms with Crippen molar-refractivity contribution in [1.82, 2.24) is 9.97 Å². The molecule has 0 fully saturated rings. The second kappa shape index (κ2) is 7.91. The summed E-state index contributed by atoms with van der Waals surface area (Å²) < 4.78 is 0. The molecule has 0 unspecified atom stereocenters. The van der Waals surface area contributed by atoms with E-state index in [0.29, 0.717) is 5.92 Å². The quantitative estimate of drug-likeness (QED) is 0.724. The number of aromatic nitrogens is 2. The number of nitrogens with zero attached hydrogens (tertiary/aromatic N) is 1. The van der Waals surface area contributed by atoms with Crippen LogP contribution in [-0.2, 0) is 0 Å². The first kappa shape index (κ1) is 14.7. The van der Waals surface area contributed by atoms with Crippen molar-refractivity contribution in [3.63, 3.8) is 0 Å². The van der Waals surface area contributed by atoms with Gasteiger partial charge in [0.05, 0.1) is 0 Å². The maximum absolute atomic E-state index is 4.31. The van der Waals surface area contributed by atoms with Crippen LogP contribution in [-0.4, -0.2) is 9.97 Å². The minimum absolute atomic E-state index is 0. The maximum atomic E-state index is 4.31. The van der Waals surface area contributed by atoms with E-state index < -0.39 is 0 Å². The zero-order chi connectivity index (χ0) is 12.6. The molecule has 2 heterocycles. The van der Waals surface area contributed by atoms with Gasteiger partial charge >= 0.3 is 0 Å². The molecule has 16 heavy (non-hydrogen) atoms. The number of rotatable bonds is 1. The fourth-order valence-corrected chi connectivity index (χ4v) is 1.27. The molecule has 2 nitrogen and oxygen atoms in total. The van der Waals surface area contributed by atoms with Crippen molar-refractivity contribution in [3.8, 4) is 0 Å². The summed E-state index contributed by atoms with van der Waals surface area (Å²) in [6, 6.07) is 4.23. The van der Waals surface area contributed by atoms with Crippen LogP contribution in [0.3, 0.4) is 0 Å². The summed E-state index contributed by atoms with van der Waals surface area (Å²) in [6.07, 6.45) is 3.85. The third-order valence-electron chi connectivity index (χ3n) is 2.09. The van der Waals surface area contributed by atoms with Crippen molar-refractivity contribution in [3.05, 3.63) is 30.1 Å². The standard InChI is InChI=1S/C10H12N2.2C2H6.H2/c1-7(2)9-5-8-3-4-11-10(8)12-6-9;2*1-2;/h3-7H,1-2H3,(H,11,12);2*1-2H3;1H. The van der Waals surface area contributed by atoms with Gasteiger partial charge in [0.15, 0.2) is 0 Å². The van der Waals surface area contributed by atoms with Crippen LogP contribution in [0.2, 0.25) is 0 Å². The summed E-state index contributed by atoms with van der Waals surface area (Å²) in [7, 11) is 0. The van der Waals surface area contributed by atoms with Crippen LogP contribution in [0.15, 0.2) is 24.5 Å². The Bertz CT molecular complexity index is 394. The van der Waals surface area contributed by atoms with E-state index in [4.69, 9.17) is 0 Å². The predicted molar refractivity (Wildman–Crippen MR) is 75.0 cm³/mol. The van der Waals surface area contributed by atoms with Crippen molar-refractivity contribution in [2.24, 2.45) is 0 Å². The van der Waals surface area contributed by atoms with E-state index in [1.807, 2.05) is 46.2 Å². The SMILES string of the molecule is CC.CC.CC(C)c1cnc2[nH]ccc2c1.[HH]. The van der Waals surface area contributed by atoms with Crippen molar-refractivity contribution in [2.75, 3.05) is 0 Å². The van der Waals surface area contributed by atoms with E-state index in [1.54, 1.807) is 0 Å². The Balaban J connectivity index is 0. The Morgan fingerprint density at radius 3 is 2.38 bits per heavy atom. The molecule has 0 saturated carbocycles. The lowest BCUT2D eigenvalue weighted by Crippen LogP contribution is -1.88. The van der Waals surface area contributed by atoms with Crippen LogP contribution < -0.4 is 0 Å². The van der Waals surface area contributed by atoms with Crippen LogP contribution in [0.25, 0.3) is 11.0 Å². The molecular formula is C14H26N2. The smallest absolute Gasteiger partial charge is 0.137 e. The Morgan fingerprint density at radius 1 is 1.19 bits per heavy atom. The van der Waals surface area contributed by atoms with Crippen LogP contribution in [0.4, 0.5) is 0 Å². The number of aromatic amines is 1. The first-order valence-electron chi connectivity index (χ1n) is 6.20. The van der Waals surface area contributed by atoms with Crippen LogP contribution in [0.1, 0.15) is 54.5 Å². The van der Waals surface area contributed by atoms with Gasteiger partial charge in [0.1, 0.15) is 5.65 Å². The summed E-state index contributed by atoms with van der Waals surface area (Å²) in [5.41, 5.74) is 2.27. The van der Waals surface area contributed by atoms with Gasteiger partial charge in [0.2, 0.25) is 0 Å². The van der Waals surface area contributed by atoms with E-state index in [2.05, 4.69) is 29.9 Å². The summed E-state index contributed by atoms with van der Waals surface area (Å²) in [5.74, 6) is 0.553. The first-order chi connectivity index (χ1) is 7.77. The average molecular weight is 222 g/mol. The zero-order valence-electron chi connectivity index (χ0n) is 11.3. The third kappa shape index (κ3) is 3.69.